The topological polar surface area (TPSA) is 37.7 Å². The number of halogens is 1. The van der Waals surface area contributed by atoms with Gasteiger partial charge in [-0.05, 0) is 55.1 Å². The highest BCUT2D eigenvalue weighted by Crippen LogP contribution is 2.42. The molecule has 30 heavy (non-hydrogen) atoms. The van der Waals surface area contributed by atoms with Gasteiger partial charge >= 0.3 is 0 Å². The van der Waals surface area contributed by atoms with Gasteiger partial charge < -0.3 is 14.2 Å². The standard InChI is InChI=1S/C24H32ClN3O2/c1-23(2,3)18-7-6-17(16-19(18)30-5)22(29)27-12-10-24(11-13-27)20-8-9-21(25)28(20)15-14-26(24)4/h6-9,16H,10-15H2,1-5H3. The van der Waals surface area contributed by atoms with Crippen LogP contribution in [0.3, 0.4) is 0 Å². The zero-order chi connectivity index (χ0) is 21.7. The Bertz CT molecular complexity index is 952. The highest BCUT2D eigenvalue weighted by molar-refractivity contribution is 6.29. The molecule has 0 unspecified atom stereocenters. The van der Waals surface area contributed by atoms with Gasteiger partial charge in [0.25, 0.3) is 5.91 Å². The lowest BCUT2D eigenvalue weighted by Crippen LogP contribution is -2.56. The number of benzene rings is 1. The average Bonchev–Trinajstić information content (AvgIpc) is 3.11. The molecule has 0 saturated carbocycles. The SMILES string of the molecule is COc1cc(C(=O)N2CCC3(CC2)c2ccc(Cl)n2CCN3C)ccc1C(C)(C)C. The maximum atomic E-state index is 13.3. The summed E-state index contributed by atoms with van der Waals surface area (Å²) in [6.45, 7) is 9.81. The number of likely N-dealkylation sites (N-methyl/N-ethyl adjacent to an activating group) is 1. The van der Waals surface area contributed by atoms with Crippen molar-refractivity contribution >= 4 is 17.5 Å². The molecule has 2 aliphatic heterocycles. The van der Waals surface area contributed by atoms with E-state index in [0.717, 1.165) is 55.5 Å². The van der Waals surface area contributed by atoms with Gasteiger partial charge in [0.1, 0.15) is 10.9 Å². The number of nitrogens with zero attached hydrogens (tertiary/aromatic N) is 3. The van der Waals surface area contributed by atoms with Crippen LogP contribution in [-0.2, 0) is 17.5 Å². The Labute approximate surface area is 184 Å². The maximum Gasteiger partial charge on any atom is 0.253 e. The zero-order valence-corrected chi connectivity index (χ0v) is 19.4. The summed E-state index contributed by atoms with van der Waals surface area (Å²) in [5.41, 5.74) is 3.01. The molecule has 4 rings (SSSR count). The minimum Gasteiger partial charge on any atom is -0.496 e. The first-order chi connectivity index (χ1) is 14.2. The molecular weight excluding hydrogens is 398 g/mol. The van der Waals surface area contributed by atoms with Crippen molar-refractivity contribution in [1.29, 1.82) is 0 Å². The number of carbonyl (C=O) groups excluding carboxylic acids is 1. The number of rotatable bonds is 2. The summed E-state index contributed by atoms with van der Waals surface area (Å²) >= 11 is 6.41. The maximum absolute atomic E-state index is 13.3. The molecule has 0 aliphatic carbocycles. The van der Waals surface area contributed by atoms with E-state index >= 15 is 0 Å². The fraction of sp³-hybridized carbons (Fsp3) is 0.542. The average molecular weight is 430 g/mol. The first-order valence-corrected chi connectivity index (χ1v) is 11.1. The minimum atomic E-state index is -0.0457. The van der Waals surface area contributed by atoms with Crippen LogP contribution in [0, 0.1) is 0 Å². The van der Waals surface area contributed by atoms with Crippen molar-refractivity contribution in [3.63, 3.8) is 0 Å². The van der Waals surface area contributed by atoms with Crippen LogP contribution in [0.2, 0.25) is 5.15 Å². The summed E-state index contributed by atoms with van der Waals surface area (Å²) in [7, 11) is 3.86. The van der Waals surface area contributed by atoms with Gasteiger partial charge in [0.2, 0.25) is 0 Å². The van der Waals surface area contributed by atoms with E-state index in [4.69, 9.17) is 16.3 Å². The van der Waals surface area contributed by atoms with Gasteiger partial charge in [-0.3, -0.25) is 9.69 Å². The second-order valence-electron chi connectivity index (χ2n) is 9.60. The zero-order valence-electron chi connectivity index (χ0n) is 18.7. The van der Waals surface area contributed by atoms with Gasteiger partial charge in [-0.15, -0.1) is 0 Å². The number of aromatic nitrogens is 1. The number of methoxy groups -OCH3 is 1. The first-order valence-electron chi connectivity index (χ1n) is 10.7. The number of likely N-dealkylation sites (tertiary alicyclic amines) is 1. The van der Waals surface area contributed by atoms with Crippen molar-refractivity contribution in [1.82, 2.24) is 14.4 Å². The van der Waals surface area contributed by atoms with Crippen LogP contribution < -0.4 is 4.74 Å². The minimum absolute atomic E-state index is 0.0355. The number of piperidine rings is 1. The summed E-state index contributed by atoms with van der Waals surface area (Å²) in [5.74, 6) is 0.858. The largest absolute Gasteiger partial charge is 0.496 e. The van der Waals surface area contributed by atoms with Crippen LogP contribution in [0.25, 0.3) is 0 Å². The fourth-order valence-electron chi connectivity index (χ4n) is 5.08. The second-order valence-corrected chi connectivity index (χ2v) is 9.99. The van der Waals surface area contributed by atoms with Crippen molar-refractivity contribution in [2.75, 3.05) is 33.8 Å². The molecule has 1 amide bonds. The van der Waals surface area contributed by atoms with Gasteiger partial charge in [0.05, 0.1) is 12.6 Å². The molecule has 2 aromatic rings. The van der Waals surface area contributed by atoms with Crippen molar-refractivity contribution < 1.29 is 9.53 Å². The van der Waals surface area contributed by atoms with Gasteiger partial charge in [0.15, 0.2) is 0 Å². The molecular formula is C24H32ClN3O2. The number of carbonyl (C=O) groups is 1. The molecule has 0 atom stereocenters. The Balaban J connectivity index is 1.54. The van der Waals surface area contributed by atoms with Crippen LogP contribution in [-0.4, -0.2) is 54.1 Å². The third-order valence-electron chi connectivity index (χ3n) is 6.93. The van der Waals surface area contributed by atoms with E-state index in [9.17, 15) is 4.79 Å². The van der Waals surface area contributed by atoms with Crippen LogP contribution >= 0.6 is 11.6 Å². The summed E-state index contributed by atoms with van der Waals surface area (Å²) in [6.07, 6.45) is 1.82. The monoisotopic (exact) mass is 429 g/mol. The van der Waals surface area contributed by atoms with E-state index < -0.39 is 0 Å². The van der Waals surface area contributed by atoms with E-state index in [0.29, 0.717) is 5.56 Å². The molecule has 2 aliphatic rings. The lowest BCUT2D eigenvalue weighted by atomic mass is 9.81. The van der Waals surface area contributed by atoms with E-state index in [1.807, 2.05) is 29.2 Å². The van der Waals surface area contributed by atoms with E-state index in [-0.39, 0.29) is 16.9 Å². The van der Waals surface area contributed by atoms with Gasteiger partial charge in [-0.1, -0.05) is 38.4 Å². The predicted molar refractivity (Wildman–Crippen MR) is 121 cm³/mol. The lowest BCUT2D eigenvalue weighted by Gasteiger charge is -2.50. The van der Waals surface area contributed by atoms with Crippen molar-refractivity contribution in [2.45, 2.75) is 51.1 Å². The van der Waals surface area contributed by atoms with Crippen molar-refractivity contribution in [2.24, 2.45) is 0 Å². The van der Waals surface area contributed by atoms with Crippen LogP contribution in [0.4, 0.5) is 0 Å². The first kappa shape index (κ1) is 21.3. The third kappa shape index (κ3) is 3.42. The summed E-state index contributed by atoms with van der Waals surface area (Å²) < 4.78 is 7.83. The summed E-state index contributed by atoms with van der Waals surface area (Å²) in [5, 5.41) is 0.807. The Morgan fingerprint density at radius 2 is 1.77 bits per heavy atom. The second kappa shape index (κ2) is 7.61. The van der Waals surface area contributed by atoms with Crippen molar-refractivity contribution in [3.05, 3.63) is 52.3 Å². The summed E-state index contributed by atoms with van der Waals surface area (Å²) in [6, 6.07) is 10.0. The number of amides is 1. The Morgan fingerprint density at radius 1 is 1.07 bits per heavy atom. The molecule has 0 radical (unpaired) electrons. The quantitative estimate of drug-likeness (QED) is 0.704. The van der Waals surface area contributed by atoms with E-state index in [2.05, 4.69) is 43.4 Å². The molecule has 1 spiro atoms. The normalized spacial score (nSPS) is 19.1. The van der Waals surface area contributed by atoms with Crippen LogP contribution in [0.5, 0.6) is 5.75 Å². The van der Waals surface area contributed by atoms with E-state index in [1.165, 1.54) is 5.69 Å². The Hall–Kier alpha value is -1.98. The molecule has 6 heteroatoms. The van der Waals surface area contributed by atoms with Gasteiger partial charge in [-0.2, -0.15) is 0 Å². The number of hydrogen-bond acceptors (Lipinski definition) is 3. The molecule has 1 aromatic heterocycles. The molecule has 3 heterocycles. The molecule has 1 aromatic carbocycles. The Morgan fingerprint density at radius 3 is 2.40 bits per heavy atom. The molecule has 1 saturated heterocycles. The molecule has 1 fully saturated rings. The molecule has 5 nitrogen and oxygen atoms in total. The smallest absolute Gasteiger partial charge is 0.253 e. The molecule has 162 valence electrons. The highest BCUT2D eigenvalue weighted by atomic mass is 35.5. The van der Waals surface area contributed by atoms with Gasteiger partial charge in [-0.25, -0.2) is 0 Å². The lowest BCUT2D eigenvalue weighted by molar-refractivity contribution is 0.0131. The third-order valence-corrected chi connectivity index (χ3v) is 7.26. The van der Waals surface area contributed by atoms with Gasteiger partial charge in [0, 0.05) is 37.4 Å². The number of ether oxygens (including phenoxy) is 1. The number of hydrogen-bond donors (Lipinski definition) is 0. The highest BCUT2D eigenvalue weighted by Gasteiger charge is 2.44. The number of fused-ring (bicyclic) bond motifs is 2. The van der Waals surface area contributed by atoms with E-state index in [1.54, 1.807) is 7.11 Å². The fourth-order valence-corrected chi connectivity index (χ4v) is 5.32. The molecule has 0 N–H and O–H groups in total. The van der Waals surface area contributed by atoms with Crippen LogP contribution in [0.1, 0.15) is 55.2 Å². The molecule has 0 bridgehead atoms. The summed E-state index contributed by atoms with van der Waals surface area (Å²) in [4.78, 5) is 17.7. The Kier molecular flexibility index (Phi) is 5.39. The van der Waals surface area contributed by atoms with Crippen LogP contribution in [0.15, 0.2) is 30.3 Å². The van der Waals surface area contributed by atoms with Crippen molar-refractivity contribution in [3.8, 4) is 5.75 Å². The predicted octanol–water partition coefficient (Wildman–Crippen LogP) is 4.52.